The van der Waals surface area contributed by atoms with Gasteiger partial charge in [-0.2, -0.15) is 0 Å². The molecule has 4 aromatic rings. The Morgan fingerprint density at radius 2 is 1.66 bits per heavy atom. The largest absolute Gasteiger partial charge is 0.460 e. The smallest absolute Gasteiger partial charge is 0.343 e. The average molecular weight is 493 g/mol. The van der Waals surface area contributed by atoms with Crippen LogP contribution in [0.1, 0.15) is 36.7 Å². The number of hydrogen-bond acceptors (Lipinski definition) is 5. The van der Waals surface area contributed by atoms with Crippen molar-refractivity contribution in [2.45, 2.75) is 26.2 Å². The molecule has 0 aliphatic carbocycles. The zero-order chi connectivity index (χ0) is 22.9. The molecule has 0 atom stereocenters. The fourth-order valence-corrected chi connectivity index (χ4v) is 3.51. The molecule has 0 radical (unpaired) electrons. The Morgan fingerprint density at radius 3 is 2.34 bits per heavy atom. The third-order valence-corrected chi connectivity index (χ3v) is 5.62. The average Bonchev–Trinajstić information content (AvgIpc) is 2.76. The van der Waals surface area contributed by atoms with Crippen molar-refractivity contribution in [2.75, 3.05) is 0 Å². The lowest BCUT2D eigenvalue weighted by molar-refractivity contribution is 0.0735. The molecule has 0 bridgehead atoms. The van der Waals surface area contributed by atoms with Gasteiger partial charge in [-0.25, -0.2) is 4.79 Å². The number of carbonyl (C=O) groups excluding carboxylic acids is 1. The number of benzene rings is 3. The summed E-state index contributed by atoms with van der Waals surface area (Å²) in [7, 11) is 0. The van der Waals surface area contributed by atoms with Gasteiger partial charge in [-0.05, 0) is 63.3 Å². The van der Waals surface area contributed by atoms with Crippen molar-refractivity contribution in [1.29, 1.82) is 0 Å². The van der Waals surface area contributed by atoms with E-state index in [4.69, 9.17) is 13.9 Å². The van der Waals surface area contributed by atoms with Crippen LogP contribution >= 0.6 is 15.9 Å². The third kappa shape index (κ3) is 4.60. The van der Waals surface area contributed by atoms with Crippen molar-refractivity contribution in [1.82, 2.24) is 0 Å². The van der Waals surface area contributed by atoms with Gasteiger partial charge in [0.05, 0.1) is 15.4 Å². The minimum atomic E-state index is -0.485. The van der Waals surface area contributed by atoms with Gasteiger partial charge in [-0.1, -0.05) is 45.0 Å². The maximum Gasteiger partial charge on any atom is 0.343 e. The van der Waals surface area contributed by atoms with E-state index in [1.54, 1.807) is 36.4 Å². The predicted octanol–water partition coefficient (Wildman–Crippen LogP) is 6.86. The number of para-hydroxylation sites is 1. The van der Waals surface area contributed by atoms with Crippen molar-refractivity contribution in [3.63, 3.8) is 0 Å². The van der Waals surface area contributed by atoms with Crippen LogP contribution < -0.4 is 14.9 Å². The van der Waals surface area contributed by atoms with E-state index < -0.39 is 5.97 Å². The predicted molar refractivity (Wildman–Crippen MR) is 127 cm³/mol. The molecule has 0 amide bonds. The first-order valence-corrected chi connectivity index (χ1v) is 10.8. The standard InChI is InChI=1S/C26H21BrO5/c1-26(2,3)17-10-8-16(9-11-17)25(29)31-18-12-13-19-22(14-18)30-15-23(24(19)28)32-21-7-5-4-6-20(21)27/h4-15H,1-3H3. The SMILES string of the molecule is CC(C)(C)c1ccc(C(=O)Oc2ccc3c(=O)c(Oc4ccccc4Br)coc3c2)cc1. The Hall–Kier alpha value is -3.38. The fraction of sp³-hybridized carbons (Fsp3) is 0.154. The summed E-state index contributed by atoms with van der Waals surface area (Å²) < 4.78 is 17.5. The van der Waals surface area contributed by atoms with Crippen molar-refractivity contribution >= 4 is 32.9 Å². The van der Waals surface area contributed by atoms with Gasteiger partial charge in [0.25, 0.3) is 0 Å². The molecule has 0 aliphatic rings. The lowest BCUT2D eigenvalue weighted by Crippen LogP contribution is -2.13. The monoisotopic (exact) mass is 492 g/mol. The summed E-state index contributed by atoms with van der Waals surface area (Å²) in [6, 6.07) is 19.2. The minimum Gasteiger partial charge on any atom is -0.460 e. The van der Waals surface area contributed by atoms with E-state index >= 15 is 0 Å². The number of halogens is 1. The molecule has 0 saturated heterocycles. The summed E-state index contributed by atoms with van der Waals surface area (Å²) in [5, 5.41) is 0.323. The zero-order valence-electron chi connectivity index (χ0n) is 17.8. The van der Waals surface area contributed by atoms with Gasteiger partial charge in [-0.3, -0.25) is 4.79 Å². The summed E-state index contributed by atoms with van der Waals surface area (Å²) in [4.78, 5) is 25.3. The van der Waals surface area contributed by atoms with Gasteiger partial charge in [-0.15, -0.1) is 0 Å². The molecule has 0 unspecified atom stereocenters. The van der Waals surface area contributed by atoms with Gasteiger partial charge in [0.2, 0.25) is 11.2 Å². The maximum atomic E-state index is 12.8. The van der Waals surface area contributed by atoms with Gasteiger partial charge in [0.1, 0.15) is 23.3 Å². The highest BCUT2D eigenvalue weighted by molar-refractivity contribution is 9.10. The van der Waals surface area contributed by atoms with Crippen LogP contribution in [-0.2, 0) is 5.41 Å². The van der Waals surface area contributed by atoms with Crippen LogP contribution in [0.25, 0.3) is 11.0 Å². The lowest BCUT2D eigenvalue weighted by atomic mass is 9.87. The molecule has 0 fully saturated rings. The molecule has 0 saturated carbocycles. The van der Waals surface area contributed by atoms with E-state index in [0.29, 0.717) is 22.3 Å². The Morgan fingerprint density at radius 1 is 0.938 bits per heavy atom. The quantitative estimate of drug-likeness (QED) is 0.230. The normalized spacial score (nSPS) is 11.4. The van der Waals surface area contributed by atoms with Crippen LogP contribution in [0.5, 0.6) is 17.2 Å². The van der Waals surface area contributed by atoms with E-state index in [1.165, 1.54) is 12.3 Å². The summed E-state index contributed by atoms with van der Waals surface area (Å²) in [6.07, 6.45) is 1.25. The second-order valence-electron chi connectivity index (χ2n) is 8.34. The number of fused-ring (bicyclic) bond motifs is 1. The highest BCUT2D eigenvalue weighted by atomic mass is 79.9. The van der Waals surface area contributed by atoms with Crippen LogP contribution in [0.3, 0.4) is 0 Å². The van der Waals surface area contributed by atoms with E-state index in [9.17, 15) is 9.59 Å². The van der Waals surface area contributed by atoms with Crippen LogP contribution in [0, 0.1) is 0 Å². The summed E-state index contributed by atoms with van der Waals surface area (Å²) >= 11 is 3.39. The molecule has 1 heterocycles. The molecular formula is C26H21BrO5. The van der Waals surface area contributed by atoms with Crippen molar-refractivity contribution in [3.05, 3.63) is 98.8 Å². The van der Waals surface area contributed by atoms with Gasteiger partial charge in [0.15, 0.2) is 0 Å². The Labute approximate surface area is 193 Å². The Bertz CT molecular complexity index is 1350. The van der Waals surface area contributed by atoms with E-state index in [2.05, 4.69) is 36.7 Å². The number of esters is 1. The second kappa shape index (κ2) is 8.63. The number of hydrogen-bond donors (Lipinski definition) is 0. The number of carbonyl (C=O) groups is 1. The third-order valence-electron chi connectivity index (χ3n) is 4.97. The topological polar surface area (TPSA) is 65.7 Å². The van der Waals surface area contributed by atoms with Crippen LogP contribution in [0.4, 0.5) is 0 Å². The van der Waals surface area contributed by atoms with Crippen molar-refractivity contribution in [3.8, 4) is 17.2 Å². The molecular weight excluding hydrogens is 472 g/mol. The molecule has 1 aromatic heterocycles. The van der Waals surface area contributed by atoms with Gasteiger partial charge >= 0.3 is 5.97 Å². The minimum absolute atomic E-state index is 0.00250. The number of rotatable bonds is 4. The zero-order valence-corrected chi connectivity index (χ0v) is 19.4. The fourth-order valence-electron chi connectivity index (χ4n) is 3.14. The van der Waals surface area contributed by atoms with Crippen LogP contribution in [0.2, 0.25) is 0 Å². The molecule has 6 heteroatoms. The molecule has 3 aromatic carbocycles. The first-order valence-electron chi connectivity index (χ1n) is 10.0. The molecule has 5 nitrogen and oxygen atoms in total. The molecule has 0 N–H and O–H groups in total. The van der Waals surface area contributed by atoms with E-state index in [-0.39, 0.29) is 22.3 Å². The van der Waals surface area contributed by atoms with Gasteiger partial charge < -0.3 is 13.9 Å². The first kappa shape index (κ1) is 21.8. The Balaban J connectivity index is 1.56. The maximum absolute atomic E-state index is 12.8. The van der Waals surface area contributed by atoms with Gasteiger partial charge in [0, 0.05) is 6.07 Å². The van der Waals surface area contributed by atoms with E-state index in [0.717, 1.165) is 10.0 Å². The van der Waals surface area contributed by atoms with Crippen molar-refractivity contribution in [2.24, 2.45) is 0 Å². The molecule has 162 valence electrons. The van der Waals surface area contributed by atoms with E-state index in [1.807, 2.05) is 24.3 Å². The Kier molecular flexibility index (Phi) is 5.89. The molecule has 4 rings (SSSR count). The van der Waals surface area contributed by atoms with Crippen molar-refractivity contribution < 1.29 is 18.7 Å². The van der Waals surface area contributed by atoms with Crippen LogP contribution in [0.15, 0.2) is 86.7 Å². The lowest BCUT2D eigenvalue weighted by Gasteiger charge is -2.18. The van der Waals surface area contributed by atoms with Crippen LogP contribution in [-0.4, -0.2) is 5.97 Å². The second-order valence-corrected chi connectivity index (χ2v) is 9.19. The molecule has 0 spiro atoms. The first-order chi connectivity index (χ1) is 15.2. The summed E-state index contributed by atoms with van der Waals surface area (Å²) in [5.41, 5.74) is 1.54. The highest BCUT2D eigenvalue weighted by Gasteiger charge is 2.16. The number of ether oxygens (including phenoxy) is 2. The summed E-state index contributed by atoms with van der Waals surface area (Å²) in [6.45, 7) is 6.33. The molecule has 32 heavy (non-hydrogen) atoms. The molecule has 0 aliphatic heterocycles. The summed E-state index contributed by atoms with van der Waals surface area (Å²) in [5.74, 6) is 0.362. The highest BCUT2D eigenvalue weighted by Crippen LogP contribution is 2.29.